The van der Waals surface area contributed by atoms with Crippen LogP contribution in [0.5, 0.6) is 0 Å². The fraction of sp³-hybridized carbons (Fsp3) is 0.391. The summed E-state index contributed by atoms with van der Waals surface area (Å²) in [6.07, 6.45) is -1.20. The molecule has 2 aliphatic rings. The van der Waals surface area contributed by atoms with E-state index in [0.29, 0.717) is 22.0 Å². The second kappa shape index (κ2) is 12.7. The van der Waals surface area contributed by atoms with E-state index in [2.05, 4.69) is 20.8 Å². The minimum Gasteiger partial charge on any atom is -0.477 e. The quantitative estimate of drug-likeness (QED) is 0.118. The number of hydrogen-bond acceptors (Lipinski definition) is 12. The average molecular weight is 611 g/mol. The summed E-state index contributed by atoms with van der Waals surface area (Å²) in [7, 11) is 1.67. The maximum Gasteiger partial charge on any atom is 0.352 e. The Morgan fingerprint density at radius 2 is 1.98 bits per heavy atom. The molecule has 14 nitrogen and oxygen atoms in total. The molecule has 2 aromatic rings. The van der Waals surface area contributed by atoms with Gasteiger partial charge in [-0.05, 0) is 33.7 Å². The molecule has 2 N–H and O–H groups in total. The van der Waals surface area contributed by atoms with Crippen LogP contribution in [0.3, 0.4) is 0 Å². The number of amides is 2. The molecule has 0 saturated carbocycles. The Bertz CT molecular complexity index is 1370. The first-order valence-corrected chi connectivity index (χ1v) is 14.3. The lowest BCUT2D eigenvalue weighted by molar-refractivity contribution is -0.162. The molecule has 17 heteroatoms. The van der Waals surface area contributed by atoms with Crippen molar-refractivity contribution in [1.29, 1.82) is 0 Å². The van der Waals surface area contributed by atoms with Crippen molar-refractivity contribution in [2.24, 2.45) is 7.05 Å². The zero-order valence-corrected chi connectivity index (χ0v) is 23.5. The molecule has 0 spiro atoms. The SMILES string of the molecule is CC(OC(=O)CCl)OC(=O)c1ccc(CC(=O)NC2C(=O)N3C(C(=O)O)=C(CSc4nnnn4C)CS[C@@H]23)cc1. The molecule has 40 heavy (non-hydrogen) atoms. The molecule has 1 fully saturated rings. The number of carboxylic acids is 1. The highest BCUT2D eigenvalue weighted by molar-refractivity contribution is 8.01. The molecule has 2 aliphatic heterocycles. The van der Waals surface area contributed by atoms with Gasteiger partial charge in [0.25, 0.3) is 5.91 Å². The summed E-state index contributed by atoms with van der Waals surface area (Å²) in [4.78, 5) is 62.2. The predicted octanol–water partition coefficient (Wildman–Crippen LogP) is 0.568. The third kappa shape index (κ3) is 6.56. The summed E-state index contributed by atoms with van der Waals surface area (Å²) < 4.78 is 11.3. The van der Waals surface area contributed by atoms with Gasteiger partial charge in [-0.2, -0.15) is 0 Å². The minimum atomic E-state index is -1.22. The van der Waals surface area contributed by atoms with E-state index in [0.717, 1.165) is 0 Å². The van der Waals surface area contributed by atoms with Crippen molar-refractivity contribution in [3.05, 3.63) is 46.7 Å². The monoisotopic (exact) mass is 610 g/mol. The number of aryl methyl sites for hydroxylation is 1. The number of aliphatic carboxylic acids is 1. The van der Waals surface area contributed by atoms with E-state index in [1.807, 2.05) is 0 Å². The van der Waals surface area contributed by atoms with Crippen molar-refractivity contribution in [3.8, 4) is 0 Å². The summed E-state index contributed by atoms with van der Waals surface area (Å²) in [6.45, 7) is 1.38. The second-order valence-electron chi connectivity index (χ2n) is 8.56. The number of fused-ring (bicyclic) bond motifs is 1. The average Bonchev–Trinajstić information content (AvgIpc) is 3.34. The number of carboxylic acid groups (broad SMARTS) is 1. The number of ether oxygens (including phenoxy) is 2. The lowest BCUT2D eigenvalue weighted by Crippen LogP contribution is -2.70. The van der Waals surface area contributed by atoms with Gasteiger partial charge in [0.15, 0.2) is 0 Å². The molecule has 2 amide bonds. The van der Waals surface area contributed by atoms with Crippen LogP contribution < -0.4 is 5.32 Å². The summed E-state index contributed by atoms with van der Waals surface area (Å²) in [6, 6.07) is 5.15. The fourth-order valence-corrected chi connectivity index (χ4v) is 6.32. The van der Waals surface area contributed by atoms with E-state index in [4.69, 9.17) is 21.1 Å². The van der Waals surface area contributed by atoms with Gasteiger partial charge in [-0.15, -0.1) is 28.5 Å². The number of benzene rings is 1. The van der Waals surface area contributed by atoms with E-state index in [1.165, 1.54) is 52.2 Å². The maximum absolute atomic E-state index is 12.9. The van der Waals surface area contributed by atoms with Gasteiger partial charge in [0, 0.05) is 25.5 Å². The molecule has 1 aromatic heterocycles. The summed E-state index contributed by atoms with van der Waals surface area (Å²) in [5, 5.41) is 23.6. The highest BCUT2D eigenvalue weighted by Crippen LogP contribution is 2.41. The molecule has 1 aromatic carbocycles. The Hall–Kier alpha value is -3.63. The predicted molar refractivity (Wildman–Crippen MR) is 141 cm³/mol. The van der Waals surface area contributed by atoms with Crippen LogP contribution in [0.2, 0.25) is 0 Å². The molecule has 1 saturated heterocycles. The number of esters is 2. The number of hydrogen-bond donors (Lipinski definition) is 2. The van der Waals surface area contributed by atoms with Crippen molar-refractivity contribution in [3.63, 3.8) is 0 Å². The lowest BCUT2D eigenvalue weighted by atomic mass is 10.0. The van der Waals surface area contributed by atoms with Crippen molar-refractivity contribution in [2.45, 2.75) is 36.2 Å². The van der Waals surface area contributed by atoms with Crippen LogP contribution in [-0.2, 0) is 42.1 Å². The Morgan fingerprint density at radius 1 is 1.25 bits per heavy atom. The first-order valence-electron chi connectivity index (χ1n) is 11.7. The van der Waals surface area contributed by atoms with Crippen molar-refractivity contribution < 1.29 is 38.6 Å². The molecule has 3 atom stereocenters. The third-order valence-electron chi connectivity index (χ3n) is 5.76. The molecule has 0 aliphatic carbocycles. The zero-order valence-electron chi connectivity index (χ0n) is 21.1. The van der Waals surface area contributed by atoms with Crippen LogP contribution in [0, 0.1) is 0 Å². The normalized spacial score (nSPS) is 18.9. The number of alkyl halides is 1. The molecular formula is C23H23ClN6O8S2. The number of β-lactam (4-membered cyclic amide) rings is 1. The van der Waals surface area contributed by atoms with Crippen LogP contribution in [0.25, 0.3) is 0 Å². The topological polar surface area (TPSA) is 183 Å². The van der Waals surface area contributed by atoms with Gasteiger partial charge < -0.3 is 19.9 Å². The molecule has 0 radical (unpaired) electrons. The Labute approximate surface area is 240 Å². The second-order valence-corrected chi connectivity index (χ2v) is 10.9. The van der Waals surface area contributed by atoms with Crippen LogP contribution in [-0.4, -0.2) is 95.0 Å². The number of rotatable bonds is 11. The Kier molecular flexibility index (Phi) is 9.32. The van der Waals surface area contributed by atoms with Gasteiger partial charge in [-0.3, -0.25) is 19.3 Å². The molecular weight excluding hydrogens is 588 g/mol. The van der Waals surface area contributed by atoms with Gasteiger partial charge in [-0.25, -0.2) is 14.3 Å². The number of carbonyl (C=O) groups is 5. The molecule has 3 heterocycles. The van der Waals surface area contributed by atoms with E-state index in [9.17, 15) is 29.1 Å². The number of nitrogens with zero attached hydrogens (tertiary/aromatic N) is 5. The third-order valence-corrected chi connectivity index (χ3v) is 8.41. The first kappa shape index (κ1) is 29.4. The van der Waals surface area contributed by atoms with E-state index >= 15 is 0 Å². The van der Waals surface area contributed by atoms with E-state index in [-0.39, 0.29) is 29.3 Å². The van der Waals surface area contributed by atoms with E-state index in [1.54, 1.807) is 19.2 Å². The highest BCUT2D eigenvalue weighted by atomic mass is 35.5. The van der Waals surface area contributed by atoms with Gasteiger partial charge in [0.1, 0.15) is 23.0 Å². The molecule has 0 bridgehead atoms. The van der Waals surface area contributed by atoms with Gasteiger partial charge in [0.2, 0.25) is 17.4 Å². The van der Waals surface area contributed by atoms with Gasteiger partial charge in [0.05, 0.1) is 12.0 Å². The number of aromatic nitrogens is 4. The largest absolute Gasteiger partial charge is 0.477 e. The van der Waals surface area contributed by atoms with Crippen molar-refractivity contribution >= 4 is 64.8 Å². The van der Waals surface area contributed by atoms with Crippen LogP contribution in [0.15, 0.2) is 40.7 Å². The van der Waals surface area contributed by atoms with Crippen molar-refractivity contribution in [1.82, 2.24) is 30.4 Å². The highest BCUT2D eigenvalue weighted by Gasteiger charge is 2.54. The van der Waals surface area contributed by atoms with Gasteiger partial charge in [-0.1, -0.05) is 23.9 Å². The first-order chi connectivity index (χ1) is 19.1. The smallest absolute Gasteiger partial charge is 0.352 e. The number of carbonyl (C=O) groups excluding carboxylic acids is 4. The zero-order chi connectivity index (χ0) is 29.0. The number of thioether (sulfide) groups is 2. The number of halogens is 1. The summed E-state index contributed by atoms with van der Waals surface area (Å²) in [5.41, 5.74) is 1.22. The van der Waals surface area contributed by atoms with Gasteiger partial charge >= 0.3 is 17.9 Å². The van der Waals surface area contributed by atoms with Crippen molar-refractivity contribution in [2.75, 3.05) is 17.4 Å². The molecule has 2 unspecified atom stereocenters. The van der Waals surface area contributed by atoms with E-state index < -0.39 is 47.4 Å². The summed E-state index contributed by atoms with van der Waals surface area (Å²) >= 11 is 7.98. The van der Waals surface area contributed by atoms with Crippen LogP contribution >= 0.6 is 35.1 Å². The fourth-order valence-electron chi connectivity index (χ4n) is 3.92. The maximum atomic E-state index is 12.9. The number of tetrazole rings is 1. The lowest BCUT2D eigenvalue weighted by Gasteiger charge is -2.49. The Balaban J connectivity index is 1.32. The van der Waals surface area contributed by atoms with Crippen LogP contribution in [0.1, 0.15) is 22.8 Å². The Morgan fingerprint density at radius 3 is 2.60 bits per heavy atom. The molecule has 212 valence electrons. The standard InChI is InChI=1S/C23H23ClN6O8S2/c1-11(37-16(32)8-24)38-22(36)13-5-3-12(4-6-13)7-15(31)25-17-19(33)30-18(21(34)35)14(9-39-20(17)30)10-40-23-26-27-28-29(23)2/h3-6,11,17,20H,7-10H2,1-2H3,(H,25,31)(H,34,35)/t11?,17?,20-/m0/s1. The summed E-state index contributed by atoms with van der Waals surface area (Å²) in [5.74, 6) is -3.34. The minimum absolute atomic E-state index is 0.0739. The van der Waals surface area contributed by atoms with Crippen LogP contribution in [0.4, 0.5) is 0 Å². The molecule has 4 rings (SSSR count). The number of nitrogens with one attached hydrogen (secondary N) is 1.